The van der Waals surface area contributed by atoms with Gasteiger partial charge in [-0.25, -0.2) is 0 Å². The van der Waals surface area contributed by atoms with Crippen molar-refractivity contribution in [2.45, 2.75) is 19.8 Å². The molecule has 2 rings (SSSR count). The summed E-state index contributed by atoms with van der Waals surface area (Å²) in [7, 11) is 0. The van der Waals surface area contributed by atoms with Gasteiger partial charge >= 0.3 is 0 Å². The first-order valence-corrected chi connectivity index (χ1v) is 7.04. The number of Topliss-reactive ketones (excluding diaryl/α,β-unsaturated/α-hetero) is 1. The number of hydrogen-bond donors (Lipinski definition) is 0. The molecule has 1 aromatic rings. The summed E-state index contributed by atoms with van der Waals surface area (Å²) in [5, 5.41) is 1.96. The third-order valence-corrected chi connectivity index (χ3v) is 6.20. The summed E-state index contributed by atoms with van der Waals surface area (Å²) in [6.07, 6.45) is 2.44. The largest absolute Gasteiger partial charge is 0.293 e. The van der Waals surface area contributed by atoms with Gasteiger partial charge in [0, 0.05) is 15.8 Å². The van der Waals surface area contributed by atoms with E-state index in [-0.39, 0.29) is 11.7 Å². The third kappa shape index (κ3) is 1.97. The maximum atomic E-state index is 12.0. The van der Waals surface area contributed by atoms with Crippen molar-refractivity contribution in [3.05, 3.63) is 19.2 Å². The summed E-state index contributed by atoms with van der Waals surface area (Å²) < 4.78 is 1.90. The number of thiophene rings is 1. The molecule has 0 bridgehead atoms. The first-order chi connectivity index (χ1) is 6.61. The predicted octanol–water partition coefficient (Wildman–Crippen LogP) is 4.50. The van der Waals surface area contributed by atoms with Crippen molar-refractivity contribution in [1.29, 1.82) is 0 Å². The first kappa shape index (κ1) is 10.8. The summed E-state index contributed by atoms with van der Waals surface area (Å²) in [6.45, 7) is 2.04. The lowest BCUT2D eigenvalue weighted by Crippen LogP contribution is -2.12. The Morgan fingerprint density at radius 1 is 1.57 bits per heavy atom. The van der Waals surface area contributed by atoms with Crippen LogP contribution in [-0.2, 0) is 0 Å². The van der Waals surface area contributed by atoms with Gasteiger partial charge in [0.15, 0.2) is 5.78 Å². The molecule has 0 amide bonds. The number of rotatable bonds is 3. The molecule has 0 saturated heterocycles. The molecule has 0 aromatic carbocycles. The molecular weight excluding hydrogens is 328 g/mol. The molecule has 76 valence electrons. The van der Waals surface area contributed by atoms with Crippen LogP contribution >= 0.6 is 43.2 Å². The molecule has 1 fully saturated rings. The molecule has 1 atom stereocenters. The summed E-state index contributed by atoms with van der Waals surface area (Å²) in [6, 6.07) is 0. The SMILES string of the molecule is CC(C(=O)c1scc(Br)c1Br)C1CC1. The van der Waals surface area contributed by atoms with E-state index < -0.39 is 0 Å². The molecule has 1 unspecified atom stereocenters. The van der Waals surface area contributed by atoms with E-state index in [2.05, 4.69) is 31.9 Å². The van der Waals surface area contributed by atoms with Crippen molar-refractivity contribution in [2.24, 2.45) is 11.8 Å². The molecule has 1 aliphatic carbocycles. The van der Waals surface area contributed by atoms with Gasteiger partial charge in [-0.15, -0.1) is 11.3 Å². The zero-order valence-corrected chi connectivity index (χ0v) is 11.7. The Bertz CT molecular complexity index is 368. The van der Waals surface area contributed by atoms with E-state index in [4.69, 9.17) is 0 Å². The van der Waals surface area contributed by atoms with Crippen LogP contribution in [0.1, 0.15) is 29.4 Å². The topological polar surface area (TPSA) is 17.1 Å². The fourth-order valence-corrected chi connectivity index (χ4v) is 3.71. The van der Waals surface area contributed by atoms with Gasteiger partial charge in [-0.1, -0.05) is 6.92 Å². The predicted molar refractivity (Wildman–Crippen MR) is 65.9 cm³/mol. The van der Waals surface area contributed by atoms with Crippen molar-refractivity contribution < 1.29 is 4.79 Å². The molecule has 1 saturated carbocycles. The minimum Gasteiger partial charge on any atom is -0.293 e. The quantitative estimate of drug-likeness (QED) is 0.742. The lowest BCUT2D eigenvalue weighted by atomic mass is 10.00. The normalized spacial score (nSPS) is 18.2. The van der Waals surface area contributed by atoms with Crippen LogP contribution in [-0.4, -0.2) is 5.78 Å². The lowest BCUT2D eigenvalue weighted by molar-refractivity contribution is 0.0919. The molecule has 0 radical (unpaired) electrons. The average Bonchev–Trinajstić information content (AvgIpc) is 2.95. The number of ketones is 1. The van der Waals surface area contributed by atoms with Crippen LogP contribution in [0.2, 0.25) is 0 Å². The molecule has 0 spiro atoms. The van der Waals surface area contributed by atoms with E-state index in [1.165, 1.54) is 24.2 Å². The van der Waals surface area contributed by atoms with Gasteiger partial charge in [-0.05, 0) is 50.6 Å². The van der Waals surface area contributed by atoms with Gasteiger partial charge in [0.1, 0.15) is 0 Å². The van der Waals surface area contributed by atoms with Crippen molar-refractivity contribution in [2.75, 3.05) is 0 Å². The Morgan fingerprint density at radius 2 is 2.21 bits per heavy atom. The van der Waals surface area contributed by atoms with Crippen molar-refractivity contribution in [3.8, 4) is 0 Å². The summed E-state index contributed by atoms with van der Waals surface area (Å²) >= 11 is 8.34. The number of hydrogen-bond acceptors (Lipinski definition) is 2. The molecule has 0 aliphatic heterocycles. The molecule has 1 aromatic heterocycles. The van der Waals surface area contributed by atoms with Crippen LogP contribution in [0.15, 0.2) is 14.3 Å². The van der Waals surface area contributed by atoms with E-state index in [0.717, 1.165) is 13.8 Å². The Balaban J connectivity index is 2.21. The van der Waals surface area contributed by atoms with E-state index in [0.29, 0.717) is 5.92 Å². The van der Waals surface area contributed by atoms with E-state index in [9.17, 15) is 4.79 Å². The Morgan fingerprint density at radius 3 is 2.64 bits per heavy atom. The van der Waals surface area contributed by atoms with Gasteiger partial charge in [-0.3, -0.25) is 4.79 Å². The van der Waals surface area contributed by atoms with Gasteiger partial charge in [0.25, 0.3) is 0 Å². The monoisotopic (exact) mass is 336 g/mol. The lowest BCUT2D eigenvalue weighted by Gasteiger charge is -2.06. The molecule has 1 nitrogen and oxygen atoms in total. The maximum absolute atomic E-state index is 12.0. The van der Waals surface area contributed by atoms with Gasteiger partial charge in [-0.2, -0.15) is 0 Å². The van der Waals surface area contributed by atoms with E-state index in [1.54, 1.807) is 0 Å². The van der Waals surface area contributed by atoms with Crippen molar-refractivity contribution >= 4 is 49.0 Å². The highest BCUT2D eigenvalue weighted by atomic mass is 79.9. The van der Waals surface area contributed by atoms with Crippen LogP contribution in [0.3, 0.4) is 0 Å². The third-order valence-electron chi connectivity index (χ3n) is 2.66. The Labute approximate surface area is 104 Å². The molecular formula is C10H10Br2OS. The summed E-state index contributed by atoms with van der Waals surface area (Å²) in [4.78, 5) is 12.9. The zero-order chi connectivity index (χ0) is 10.3. The number of halogens is 2. The van der Waals surface area contributed by atoms with E-state index >= 15 is 0 Å². The molecule has 4 heteroatoms. The minimum absolute atomic E-state index is 0.192. The smallest absolute Gasteiger partial charge is 0.177 e. The minimum atomic E-state index is 0.192. The fourth-order valence-electron chi connectivity index (χ4n) is 1.51. The first-order valence-electron chi connectivity index (χ1n) is 4.58. The molecule has 0 N–H and O–H groups in total. The number of carbonyl (C=O) groups is 1. The van der Waals surface area contributed by atoms with Crippen molar-refractivity contribution in [3.63, 3.8) is 0 Å². The molecule has 14 heavy (non-hydrogen) atoms. The number of carbonyl (C=O) groups excluding carboxylic acids is 1. The van der Waals surface area contributed by atoms with Crippen LogP contribution < -0.4 is 0 Å². The standard InChI is InChI=1S/C10H10Br2OS/c1-5(6-2-3-6)9(13)10-8(12)7(11)4-14-10/h4-6H,2-3H2,1H3. The second-order valence-electron chi connectivity index (χ2n) is 3.72. The summed E-state index contributed by atoms with van der Waals surface area (Å²) in [5.74, 6) is 1.11. The highest BCUT2D eigenvalue weighted by Gasteiger charge is 2.34. The summed E-state index contributed by atoms with van der Waals surface area (Å²) in [5.41, 5.74) is 0. The van der Waals surface area contributed by atoms with Gasteiger partial charge < -0.3 is 0 Å². The van der Waals surface area contributed by atoms with Crippen LogP contribution in [0.5, 0.6) is 0 Å². The van der Waals surface area contributed by atoms with Crippen molar-refractivity contribution in [1.82, 2.24) is 0 Å². The zero-order valence-electron chi connectivity index (χ0n) is 7.72. The van der Waals surface area contributed by atoms with Crippen LogP contribution in [0, 0.1) is 11.8 Å². The second-order valence-corrected chi connectivity index (χ2v) is 6.24. The highest BCUT2D eigenvalue weighted by molar-refractivity contribution is 9.13. The Hall–Kier alpha value is 0.330. The van der Waals surface area contributed by atoms with Gasteiger partial charge in [0.05, 0.1) is 9.35 Å². The fraction of sp³-hybridized carbons (Fsp3) is 0.500. The highest BCUT2D eigenvalue weighted by Crippen LogP contribution is 2.41. The maximum Gasteiger partial charge on any atom is 0.177 e. The van der Waals surface area contributed by atoms with Gasteiger partial charge in [0.2, 0.25) is 0 Å². The Kier molecular flexibility index (Phi) is 3.15. The average molecular weight is 338 g/mol. The molecule has 1 aliphatic rings. The van der Waals surface area contributed by atoms with E-state index in [1.807, 2.05) is 12.3 Å². The van der Waals surface area contributed by atoms with Crippen LogP contribution in [0.4, 0.5) is 0 Å². The second kappa shape index (κ2) is 4.06. The molecule has 1 heterocycles. The van der Waals surface area contributed by atoms with Crippen LogP contribution in [0.25, 0.3) is 0 Å².